The van der Waals surface area contributed by atoms with Gasteiger partial charge in [0.05, 0.1) is 18.9 Å². The number of anilines is 1. The third-order valence-electron chi connectivity index (χ3n) is 6.89. The van der Waals surface area contributed by atoms with Crippen molar-refractivity contribution in [3.8, 4) is 17.2 Å². The predicted molar refractivity (Wildman–Crippen MR) is 162 cm³/mol. The molecule has 0 aliphatic carbocycles. The second kappa shape index (κ2) is 12.6. The van der Waals surface area contributed by atoms with Crippen LogP contribution in [0.4, 0.5) is 10.5 Å². The minimum atomic E-state index is -0.813. The average Bonchev–Trinajstić information content (AvgIpc) is 2.99. The molecule has 1 fully saturated rings. The van der Waals surface area contributed by atoms with Gasteiger partial charge in [-0.3, -0.25) is 14.9 Å². The number of nitrogens with zero attached hydrogens (tertiary/aromatic N) is 1. The Labute approximate surface area is 244 Å². The first-order valence-corrected chi connectivity index (χ1v) is 13.9. The highest BCUT2D eigenvalue weighted by Crippen LogP contribution is 2.32. The number of fused-ring (bicyclic) bond motifs is 1. The van der Waals surface area contributed by atoms with E-state index in [4.69, 9.17) is 14.2 Å². The first-order chi connectivity index (χ1) is 20.4. The zero-order chi connectivity index (χ0) is 29.6. The molecule has 4 amide bonds. The summed E-state index contributed by atoms with van der Waals surface area (Å²) in [5.74, 6) is 0.139. The molecule has 42 heavy (non-hydrogen) atoms. The van der Waals surface area contributed by atoms with Crippen LogP contribution in [0.2, 0.25) is 0 Å². The molecule has 0 bridgehead atoms. The maximum atomic E-state index is 13.4. The van der Waals surface area contributed by atoms with Crippen molar-refractivity contribution in [2.45, 2.75) is 33.8 Å². The van der Waals surface area contributed by atoms with Gasteiger partial charge in [-0.15, -0.1) is 0 Å². The van der Waals surface area contributed by atoms with Crippen molar-refractivity contribution in [1.82, 2.24) is 5.32 Å². The standard InChI is InChI=1S/C34H32N2O6/c1-4-18-41-26-15-13-25(14-16-26)36-33(38)28(32(37)35-34(36)39)19-23-11-17-30(31(20-23)40-5-2)42-21-29-22(3)10-12-24-8-6-7-9-27(24)29/h6-17,19-20H,4-5,18,21H2,1-3H3,(H,35,37,39)/b28-19-. The largest absolute Gasteiger partial charge is 0.494 e. The summed E-state index contributed by atoms with van der Waals surface area (Å²) >= 11 is 0. The number of carbonyl (C=O) groups is 3. The molecule has 0 radical (unpaired) electrons. The van der Waals surface area contributed by atoms with Gasteiger partial charge in [-0.25, -0.2) is 9.69 Å². The number of urea groups is 1. The zero-order valence-electron chi connectivity index (χ0n) is 23.8. The van der Waals surface area contributed by atoms with Crippen molar-refractivity contribution in [2.24, 2.45) is 0 Å². The third kappa shape index (κ3) is 5.98. The summed E-state index contributed by atoms with van der Waals surface area (Å²) < 4.78 is 17.7. The monoisotopic (exact) mass is 564 g/mol. The average molecular weight is 565 g/mol. The van der Waals surface area contributed by atoms with E-state index in [1.807, 2.05) is 26.0 Å². The van der Waals surface area contributed by atoms with Gasteiger partial charge in [0.1, 0.15) is 17.9 Å². The Kier molecular flexibility index (Phi) is 8.52. The van der Waals surface area contributed by atoms with Gasteiger partial charge in [-0.1, -0.05) is 49.4 Å². The molecule has 0 spiro atoms. The molecule has 1 N–H and O–H groups in total. The van der Waals surface area contributed by atoms with Gasteiger partial charge in [0.25, 0.3) is 11.8 Å². The zero-order valence-corrected chi connectivity index (χ0v) is 23.8. The smallest absolute Gasteiger partial charge is 0.335 e. The van der Waals surface area contributed by atoms with E-state index in [0.29, 0.717) is 48.3 Å². The minimum absolute atomic E-state index is 0.177. The van der Waals surface area contributed by atoms with Gasteiger partial charge in [-0.05, 0) is 84.6 Å². The molecule has 1 saturated heterocycles. The fourth-order valence-corrected chi connectivity index (χ4v) is 4.76. The number of rotatable bonds is 10. The van der Waals surface area contributed by atoms with E-state index in [-0.39, 0.29) is 5.57 Å². The minimum Gasteiger partial charge on any atom is -0.494 e. The third-order valence-corrected chi connectivity index (χ3v) is 6.89. The number of hydrogen-bond donors (Lipinski definition) is 1. The molecule has 1 aliphatic heterocycles. The number of aryl methyl sites for hydroxylation is 1. The molecule has 0 atom stereocenters. The van der Waals surface area contributed by atoms with E-state index in [1.165, 1.54) is 6.08 Å². The van der Waals surface area contributed by atoms with Crippen LogP contribution in [0, 0.1) is 6.92 Å². The first kappa shape index (κ1) is 28.4. The Morgan fingerprint density at radius 3 is 2.38 bits per heavy atom. The van der Waals surface area contributed by atoms with Crippen LogP contribution >= 0.6 is 0 Å². The topological polar surface area (TPSA) is 94.2 Å². The van der Waals surface area contributed by atoms with Gasteiger partial charge in [0, 0.05) is 5.56 Å². The molecule has 4 aromatic rings. The summed E-state index contributed by atoms with van der Waals surface area (Å²) in [6.45, 7) is 7.21. The Morgan fingerprint density at radius 2 is 1.62 bits per heavy atom. The summed E-state index contributed by atoms with van der Waals surface area (Å²) in [7, 11) is 0. The van der Waals surface area contributed by atoms with Crippen LogP contribution in [0.5, 0.6) is 17.2 Å². The highest BCUT2D eigenvalue weighted by molar-refractivity contribution is 6.39. The van der Waals surface area contributed by atoms with Gasteiger partial charge < -0.3 is 14.2 Å². The highest BCUT2D eigenvalue weighted by atomic mass is 16.5. The van der Waals surface area contributed by atoms with Crippen molar-refractivity contribution in [3.05, 3.63) is 101 Å². The van der Waals surface area contributed by atoms with Crippen LogP contribution < -0.4 is 24.4 Å². The lowest BCUT2D eigenvalue weighted by Crippen LogP contribution is -2.54. The Hall–Kier alpha value is -5.11. The molecule has 1 heterocycles. The van der Waals surface area contributed by atoms with E-state index in [9.17, 15) is 14.4 Å². The van der Waals surface area contributed by atoms with E-state index in [1.54, 1.807) is 42.5 Å². The molecule has 0 saturated carbocycles. The normalized spacial score (nSPS) is 14.3. The number of nitrogens with one attached hydrogen (secondary N) is 1. The Morgan fingerprint density at radius 1 is 0.833 bits per heavy atom. The van der Waals surface area contributed by atoms with E-state index < -0.39 is 17.8 Å². The molecule has 1 aliphatic rings. The van der Waals surface area contributed by atoms with Gasteiger partial charge >= 0.3 is 6.03 Å². The summed E-state index contributed by atoms with van der Waals surface area (Å²) in [5.41, 5.74) is 2.90. The fraction of sp³-hybridized carbons (Fsp3) is 0.206. The number of hydrogen-bond acceptors (Lipinski definition) is 6. The van der Waals surface area contributed by atoms with Crippen LogP contribution in [-0.2, 0) is 16.2 Å². The van der Waals surface area contributed by atoms with Crippen molar-refractivity contribution >= 4 is 40.4 Å². The fourth-order valence-electron chi connectivity index (χ4n) is 4.76. The van der Waals surface area contributed by atoms with Crippen LogP contribution in [-0.4, -0.2) is 31.1 Å². The molecular weight excluding hydrogens is 532 g/mol. The molecule has 8 nitrogen and oxygen atoms in total. The van der Waals surface area contributed by atoms with E-state index in [0.717, 1.165) is 33.2 Å². The van der Waals surface area contributed by atoms with Gasteiger partial charge in [0.15, 0.2) is 11.5 Å². The van der Waals surface area contributed by atoms with Crippen molar-refractivity contribution in [3.63, 3.8) is 0 Å². The van der Waals surface area contributed by atoms with E-state index >= 15 is 0 Å². The lowest BCUT2D eigenvalue weighted by atomic mass is 10.0. The van der Waals surface area contributed by atoms with Crippen molar-refractivity contribution in [1.29, 1.82) is 0 Å². The summed E-state index contributed by atoms with van der Waals surface area (Å²) in [6.07, 6.45) is 2.30. The molecule has 4 aromatic carbocycles. The number of amides is 4. The molecule has 0 aromatic heterocycles. The SMILES string of the molecule is CCCOc1ccc(N2C(=O)NC(=O)/C(=C/c3ccc(OCc4c(C)ccc5ccccc45)c(OCC)c3)C2=O)cc1. The second-order valence-corrected chi connectivity index (χ2v) is 9.81. The Bertz CT molecular complexity index is 1680. The second-order valence-electron chi connectivity index (χ2n) is 9.81. The maximum Gasteiger partial charge on any atom is 0.335 e. The highest BCUT2D eigenvalue weighted by Gasteiger charge is 2.36. The maximum absolute atomic E-state index is 13.4. The molecule has 5 rings (SSSR count). The lowest BCUT2D eigenvalue weighted by molar-refractivity contribution is -0.122. The number of carbonyl (C=O) groups excluding carboxylic acids is 3. The molecule has 214 valence electrons. The summed E-state index contributed by atoms with van der Waals surface area (Å²) in [5, 5.41) is 4.52. The van der Waals surface area contributed by atoms with E-state index in [2.05, 4.69) is 36.5 Å². The lowest BCUT2D eigenvalue weighted by Gasteiger charge is -2.26. The number of imide groups is 2. The molecular formula is C34H32N2O6. The Balaban J connectivity index is 1.40. The summed E-state index contributed by atoms with van der Waals surface area (Å²) in [4.78, 5) is 39.7. The number of barbiturate groups is 1. The number of ether oxygens (including phenoxy) is 3. The predicted octanol–water partition coefficient (Wildman–Crippen LogP) is 6.58. The van der Waals surface area contributed by atoms with Gasteiger partial charge in [-0.2, -0.15) is 0 Å². The molecule has 8 heteroatoms. The van der Waals surface area contributed by atoms with Crippen LogP contribution in [0.15, 0.2) is 84.4 Å². The number of benzene rings is 4. The van der Waals surface area contributed by atoms with Crippen molar-refractivity contribution < 1.29 is 28.6 Å². The molecule has 0 unspecified atom stereocenters. The van der Waals surface area contributed by atoms with Crippen molar-refractivity contribution in [2.75, 3.05) is 18.1 Å². The van der Waals surface area contributed by atoms with Gasteiger partial charge in [0.2, 0.25) is 0 Å². The first-order valence-electron chi connectivity index (χ1n) is 13.9. The van der Waals surface area contributed by atoms with Crippen LogP contribution in [0.3, 0.4) is 0 Å². The quantitative estimate of drug-likeness (QED) is 0.173. The van der Waals surface area contributed by atoms with Crippen LogP contribution in [0.25, 0.3) is 16.8 Å². The van der Waals surface area contributed by atoms with Crippen LogP contribution in [0.1, 0.15) is 37.0 Å². The summed E-state index contributed by atoms with van der Waals surface area (Å²) in [6, 6.07) is 23.3.